The molecule has 0 saturated heterocycles. The van der Waals surface area contributed by atoms with Crippen LogP contribution >= 0.6 is 0 Å². The first-order chi connectivity index (χ1) is 9.11. The van der Waals surface area contributed by atoms with Crippen LogP contribution in [0, 0.1) is 5.92 Å². The Morgan fingerprint density at radius 2 is 2.00 bits per heavy atom. The van der Waals surface area contributed by atoms with Gasteiger partial charge in [0.2, 0.25) is 5.09 Å². The normalized spacial score (nSPS) is 13.2. The van der Waals surface area contributed by atoms with Crippen molar-refractivity contribution < 1.29 is 27.5 Å². The molecule has 0 saturated carbocycles. The fourth-order valence-corrected chi connectivity index (χ4v) is 1.98. The van der Waals surface area contributed by atoms with Gasteiger partial charge in [0.05, 0.1) is 0 Å². The van der Waals surface area contributed by atoms with E-state index in [0.717, 1.165) is 12.1 Å². The highest BCUT2D eigenvalue weighted by atomic mass is 32.2. The summed E-state index contributed by atoms with van der Waals surface area (Å²) in [5, 5.41) is 15.5. The van der Waals surface area contributed by atoms with Crippen molar-refractivity contribution >= 4 is 21.9 Å². The second-order valence-electron chi connectivity index (χ2n) is 4.66. The maximum Gasteiger partial charge on any atom is 0.326 e. The third-order valence-electron chi connectivity index (χ3n) is 2.40. The molecule has 1 amide bonds. The number of aliphatic carboxylic acids is 1. The lowest BCUT2D eigenvalue weighted by Gasteiger charge is -2.15. The summed E-state index contributed by atoms with van der Waals surface area (Å²) in [5.41, 5.74) is 0. The second kappa shape index (κ2) is 6.06. The Balaban J connectivity index is 2.84. The van der Waals surface area contributed by atoms with E-state index in [-0.39, 0.29) is 18.1 Å². The second-order valence-corrected chi connectivity index (χ2v) is 6.15. The average Bonchev–Trinajstić information content (AvgIpc) is 2.75. The minimum Gasteiger partial charge on any atom is -0.480 e. The fourth-order valence-electron chi connectivity index (χ4n) is 1.52. The molecule has 0 radical (unpaired) electrons. The summed E-state index contributed by atoms with van der Waals surface area (Å²) in [4.78, 5) is 22.8. The molecule has 1 rings (SSSR count). The molecular formula is C11H16N2O6S. The number of carbonyl (C=O) groups is 2. The average molecular weight is 304 g/mol. The molecule has 0 aliphatic carbocycles. The summed E-state index contributed by atoms with van der Waals surface area (Å²) in [6.07, 6.45) is 0.240. The largest absolute Gasteiger partial charge is 0.480 e. The molecule has 8 nitrogen and oxygen atoms in total. The van der Waals surface area contributed by atoms with Crippen molar-refractivity contribution in [3.05, 3.63) is 17.9 Å². The van der Waals surface area contributed by atoms with Crippen molar-refractivity contribution in [3.63, 3.8) is 0 Å². The lowest BCUT2D eigenvalue weighted by atomic mass is 10.0. The number of amides is 1. The van der Waals surface area contributed by atoms with Crippen LogP contribution in [0.25, 0.3) is 0 Å². The quantitative estimate of drug-likeness (QED) is 0.683. The summed E-state index contributed by atoms with van der Waals surface area (Å²) in [7, 11) is -4.04. The molecule has 9 heteroatoms. The van der Waals surface area contributed by atoms with Gasteiger partial charge in [-0.2, -0.15) is 0 Å². The number of carboxylic acids is 1. The van der Waals surface area contributed by atoms with Crippen molar-refractivity contribution in [1.29, 1.82) is 0 Å². The number of rotatable bonds is 6. The first-order valence-electron chi connectivity index (χ1n) is 5.77. The van der Waals surface area contributed by atoms with Crippen LogP contribution in [-0.4, -0.2) is 31.4 Å². The molecule has 4 N–H and O–H groups in total. The van der Waals surface area contributed by atoms with Crippen molar-refractivity contribution in [2.24, 2.45) is 11.1 Å². The third-order valence-corrected chi connectivity index (χ3v) is 3.18. The van der Waals surface area contributed by atoms with E-state index in [0.29, 0.717) is 0 Å². The van der Waals surface area contributed by atoms with E-state index in [1.807, 2.05) is 13.8 Å². The summed E-state index contributed by atoms with van der Waals surface area (Å²) < 4.78 is 26.8. The lowest BCUT2D eigenvalue weighted by Crippen LogP contribution is -2.41. The molecule has 1 aromatic rings. The number of hydrogen-bond donors (Lipinski definition) is 3. The standard InChI is InChI=1S/C11H16N2O6S/c1-6(2)5-7(11(15)16)13-10(14)8-3-4-9(19-8)20(12,17)18/h3-4,6-7H,5H2,1-2H3,(H,13,14)(H,15,16)(H2,12,17,18)/t7-/m1/s1. The van der Waals surface area contributed by atoms with E-state index in [9.17, 15) is 18.0 Å². The van der Waals surface area contributed by atoms with Gasteiger partial charge in [0.15, 0.2) is 5.76 Å². The molecule has 1 aromatic heterocycles. The van der Waals surface area contributed by atoms with E-state index >= 15 is 0 Å². The number of hydrogen-bond acceptors (Lipinski definition) is 5. The minimum absolute atomic E-state index is 0.0629. The first kappa shape index (κ1) is 16.2. The molecule has 112 valence electrons. The van der Waals surface area contributed by atoms with E-state index in [2.05, 4.69) is 5.32 Å². The highest BCUT2D eigenvalue weighted by Crippen LogP contribution is 2.13. The van der Waals surface area contributed by atoms with Gasteiger partial charge >= 0.3 is 5.97 Å². The first-order valence-corrected chi connectivity index (χ1v) is 7.32. The molecule has 0 fully saturated rings. The summed E-state index contributed by atoms with van der Waals surface area (Å²) in [6.45, 7) is 3.63. The number of sulfonamides is 1. The fraction of sp³-hybridized carbons (Fsp3) is 0.455. The zero-order valence-electron chi connectivity index (χ0n) is 11.0. The highest BCUT2D eigenvalue weighted by Gasteiger charge is 2.24. The van der Waals surface area contributed by atoms with Crippen molar-refractivity contribution in [2.45, 2.75) is 31.4 Å². The Hall–Kier alpha value is -1.87. The van der Waals surface area contributed by atoms with Gasteiger partial charge in [-0.05, 0) is 24.5 Å². The number of primary sulfonamides is 1. The molecule has 1 atom stereocenters. The monoisotopic (exact) mass is 304 g/mol. The minimum atomic E-state index is -4.04. The van der Waals surface area contributed by atoms with E-state index in [4.69, 9.17) is 14.7 Å². The Labute approximate surface area is 116 Å². The van der Waals surface area contributed by atoms with E-state index in [1.165, 1.54) is 0 Å². The molecule has 0 aliphatic heterocycles. The Bertz CT molecular complexity index is 604. The Kier molecular flexibility index (Phi) is 4.90. The molecular weight excluding hydrogens is 288 g/mol. The summed E-state index contributed by atoms with van der Waals surface area (Å²) >= 11 is 0. The highest BCUT2D eigenvalue weighted by molar-refractivity contribution is 7.89. The van der Waals surface area contributed by atoms with Gasteiger partial charge in [-0.3, -0.25) is 4.79 Å². The Morgan fingerprint density at radius 1 is 1.40 bits per heavy atom. The number of furan rings is 1. The number of carboxylic acid groups (broad SMARTS) is 1. The van der Waals surface area contributed by atoms with Gasteiger partial charge in [-0.1, -0.05) is 13.8 Å². The maximum atomic E-state index is 11.8. The number of nitrogens with one attached hydrogen (secondary N) is 1. The van der Waals surface area contributed by atoms with Crippen LogP contribution in [0.15, 0.2) is 21.6 Å². The van der Waals surface area contributed by atoms with Crippen LogP contribution < -0.4 is 10.5 Å². The van der Waals surface area contributed by atoms with Crippen LogP contribution in [0.2, 0.25) is 0 Å². The van der Waals surface area contributed by atoms with Crippen molar-refractivity contribution in [2.75, 3.05) is 0 Å². The van der Waals surface area contributed by atoms with E-state index < -0.39 is 33.0 Å². The summed E-state index contributed by atoms with van der Waals surface area (Å²) in [5.74, 6) is -2.24. The van der Waals surface area contributed by atoms with Crippen LogP contribution in [0.4, 0.5) is 0 Å². The van der Waals surface area contributed by atoms with Crippen LogP contribution in [-0.2, 0) is 14.8 Å². The van der Waals surface area contributed by atoms with Gasteiger partial charge in [0, 0.05) is 0 Å². The SMILES string of the molecule is CC(C)C[C@@H](NC(=O)c1ccc(S(N)(=O)=O)o1)C(=O)O. The van der Waals surface area contributed by atoms with Crippen molar-refractivity contribution in [3.8, 4) is 0 Å². The zero-order chi connectivity index (χ0) is 15.5. The molecule has 0 aliphatic rings. The Morgan fingerprint density at radius 3 is 2.40 bits per heavy atom. The number of carbonyl (C=O) groups excluding carboxylic acids is 1. The van der Waals surface area contributed by atoms with Gasteiger partial charge in [-0.15, -0.1) is 0 Å². The predicted molar refractivity (Wildman–Crippen MR) is 68.4 cm³/mol. The van der Waals surface area contributed by atoms with Gasteiger partial charge < -0.3 is 14.8 Å². The zero-order valence-corrected chi connectivity index (χ0v) is 11.8. The van der Waals surface area contributed by atoms with Crippen LogP contribution in [0.5, 0.6) is 0 Å². The topological polar surface area (TPSA) is 140 Å². The lowest BCUT2D eigenvalue weighted by molar-refractivity contribution is -0.139. The maximum absolute atomic E-state index is 11.8. The van der Waals surface area contributed by atoms with Gasteiger partial charge in [0.1, 0.15) is 6.04 Å². The van der Waals surface area contributed by atoms with Gasteiger partial charge in [0.25, 0.3) is 15.9 Å². The third kappa shape index (κ3) is 4.35. The predicted octanol–water partition coefficient (Wildman–Crippen LogP) is 0.156. The van der Waals surface area contributed by atoms with Crippen LogP contribution in [0.3, 0.4) is 0 Å². The molecule has 0 spiro atoms. The molecule has 20 heavy (non-hydrogen) atoms. The summed E-state index contributed by atoms with van der Waals surface area (Å²) in [6, 6.07) is 1.07. The van der Waals surface area contributed by atoms with E-state index in [1.54, 1.807) is 0 Å². The number of nitrogens with two attached hydrogens (primary N) is 1. The molecule has 0 unspecified atom stereocenters. The molecule has 0 aromatic carbocycles. The molecule has 0 bridgehead atoms. The smallest absolute Gasteiger partial charge is 0.326 e. The molecule has 1 heterocycles. The van der Waals surface area contributed by atoms with Crippen LogP contribution in [0.1, 0.15) is 30.8 Å². The van der Waals surface area contributed by atoms with Crippen molar-refractivity contribution in [1.82, 2.24) is 5.32 Å². The van der Waals surface area contributed by atoms with Gasteiger partial charge in [-0.25, -0.2) is 18.4 Å².